The van der Waals surface area contributed by atoms with Crippen LogP contribution in [0.3, 0.4) is 0 Å². The van der Waals surface area contributed by atoms with Crippen LogP contribution in [0.15, 0.2) is 24.3 Å². The minimum Gasteiger partial charge on any atom is -0.430 e. The molecule has 0 saturated heterocycles. The number of nitro groups is 2. The molecule has 1 atom stereocenters. The van der Waals surface area contributed by atoms with E-state index in [1.54, 1.807) is 0 Å². The Bertz CT molecular complexity index is 487. The van der Waals surface area contributed by atoms with E-state index in [4.69, 9.17) is 10.5 Å². The van der Waals surface area contributed by atoms with Gasteiger partial charge < -0.3 is 10.5 Å². The van der Waals surface area contributed by atoms with Crippen molar-refractivity contribution in [2.24, 2.45) is 5.73 Å². The molecule has 1 aromatic carbocycles. The second-order valence-electron chi connectivity index (χ2n) is 3.59. The fourth-order valence-corrected chi connectivity index (χ4v) is 1.28. The molecule has 1 aromatic rings. The van der Waals surface area contributed by atoms with E-state index in [0.29, 0.717) is 0 Å². The van der Waals surface area contributed by atoms with Gasteiger partial charge in [0.15, 0.2) is 0 Å². The summed E-state index contributed by atoms with van der Waals surface area (Å²) in [6, 6.07) is 5.37. The number of hydrogen-bond donors (Lipinski definition) is 1. The van der Waals surface area contributed by atoms with Crippen molar-refractivity contribution < 1.29 is 19.4 Å². The Balaban J connectivity index is 2.70. The maximum absolute atomic E-state index is 10.8. The molecule has 0 heterocycles. The molecule has 0 aliphatic rings. The number of hydrogen-bond acceptors (Lipinski definition) is 6. The molecule has 102 valence electrons. The van der Waals surface area contributed by atoms with E-state index in [1.807, 2.05) is 0 Å². The molecule has 0 fully saturated rings. The second-order valence-corrected chi connectivity index (χ2v) is 3.59. The Hall–Kier alpha value is -2.71. The van der Waals surface area contributed by atoms with E-state index < -0.39 is 28.5 Å². The van der Waals surface area contributed by atoms with E-state index in [9.17, 15) is 25.0 Å². The van der Waals surface area contributed by atoms with E-state index in [0.717, 1.165) is 0 Å². The van der Waals surface area contributed by atoms with Crippen LogP contribution in [-0.4, -0.2) is 28.5 Å². The van der Waals surface area contributed by atoms with Crippen LogP contribution in [0.5, 0.6) is 5.75 Å². The number of carbonyl (C=O) groups is 1. The summed E-state index contributed by atoms with van der Waals surface area (Å²) in [6.45, 7) is -0.564. The zero-order valence-electron chi connectivity index (χ0n) is 9.72. The number of benzene rings is 1. The monoisotopic (exact) mass is 269 g/mol. The van der Waals surface area contributed by atoms with Crippen molar-refractivity contribution in [2.75, 3.05) is 6.54 Å². The van der Waals surface area contributed by atoms with Gasteiger partial charge in [0, 0.05) is 10.5 Å². The molecule has 2 N–H and O–H groups in total. The number of rotatable bonds is 7. The molecule has 0 aliphatic heterocycles. The Morgan fingerprint density at radius 3 is 2.26 bits per heavy atom. The van der Waals surface area contributed by atoms with Crippen molar-refractivity contribution in [1.29, 1.82) is 0 Å². The molecule has 0 spiro atoms. The third kappa shape index (κ3) is 4.58. The van der Waals surface area contributed by atoms with Crippen LogP contribution in [0.25, 0.3) is 0 Å². The van der Waals surface area contributed by atoms with Crippen molar-refractivity contribution in [3.05, 3.63) is 50.1 Å². The normalized spacial score (nSPS) is 11.6. The van der Waals surface area contributed by atoms with Gasteiger partial charge in [-0.25, -0.2) is 0 Å². The average Bonchev–Trinajstić information content (AvgIpc) is 2.34. The minimum absolute atomic E-state index is 0.134. The SMILES string of the molecule is NC(=O)c1ccc(OC(CC[N+](=O)[O-])[N+](=O)[O-])cc1. The molecule has 0 aliphatic carbocycles. The molecule has 1 unspecified atom stereocenters. The topological polar surface area (TPSA) is 139 Å². The first-order valence-corrected chi connectivity index (χ1v) is 5.22. The minimum atomic E-state index is -1.51. The summed E-state index contributed by atoms with van der Waals surface area (Å²) in [5.41, 5.74) is 5.26. The maximum atomic E-state index is 10.8. The number of ether oxygens (including phenoxy) is 1. The molecule has 0 saturated carbocycles. The molecule has 0 aromatic heterocycles. The standard InChI is InChI=1S/C10H11N3O6/c11-10(14)7-1-3-8(4-2-7)19-9(13(17)18)5-6-12(15)16/h1-4,9H,5-6H2,(H2,11,14). The number of nitrogens with zero attached hydrogens (tertiary/aromatic N) is 2. The number of carbonyl (C=O) groups excluding carboxylic acids is 1. The highest BCUT2D eigenvalue weighted by Gasteiger charge is 2.24. The Kier molecular flexibility index (Phi) is 4.75. The number of primary amides is 1. The lowest BCUT2D eigenvalue weighted by atomic mass is 10.2. The lowest BCUT2D eigenvalue weighted by molar-refractivity contribution is -0.575. The van der Waals surface area contributed by atoms with Crippen molar-refractivity contribution in [1.82, 2.24) is 0 Å². The van der Waals surface area contributed by atoms with Gasteiger partial charge in [-0.3, -0.25) is 25.0 Å². The van der Waals surface area contributed by atoms with Crippen LogP contribution in [0.1, 0.15) is 16.8 Å². The molecule has 9 nitrogen and oxygen atoms in total. The van der Waals surface area contributed by atoms with Crippen molar-refractivity contribution in [2.45, 2.75) is 12.6 Å². The van der Waals surface area contributed by atoms with Gasteiger partial charge in [-0.05, 0) is 24.3 Å². The Morgan fingerprint density at radius 2 is 1.84 bits per heavy atom. The van der Waals surface area contributed by atoms with E-state index in [2.05, 4.69) is 0 Å². The Labute approximate surface area is 107 Å². The summed E-state index contributed by atoms with van der Waals surface area (Å²) in [5, 5.41) is 20.8. The second kappa shape index (κ2) is 6.28. The molecular weight excluding hydrogens is 258 g/mol. The molecular formula is C10H11N3O6. The van der Waals surface area contributed by atoms with Gasteiger partial charge >= 0.3 is 6.23 Å². The van der Waals surface area contributed by atoms with E-state index >= 15 is 0 Å². The third-order valence-corrected chi connectivity index (χ3v) is 2.20. The predicted molar refractivity (Wildman–Crippen MR) is 62.8 cm³/mol. The van der Waals surface area contributed by atoms with E-state index in [1.165, 1.54) is 24.3 Å². The predicted octanol–water partition coefficient (Wildman–Crippen LogP) is 0.434. The zero-order chi connectivity index (χ0) is 14.4. The smallest absolute Gasteiger partial charge is 0.360 e. The fourth-order valence-electron chi connectivity index (χ4n) is 1.28. The largest absolute Gasteiger partial charge is 0.430 e. The van der Waals surface area contributed by atoms with Crippen LogP contribution in [0, 0.1) is 20.2 Å². The van der Waals surface area contributed by atoms with Gasteiger partial charge in [0.1, 0.15) is 12.2 Å². The first-order chi connectivity index (χ1) is 8.90. The number of amides is 1. The van der Waals surface area contributed by atoms with Crippen LogP contribution in [0.2, 0.25) is 0 Å². The highest BCUT2D eigenvalue weighted by molar-refractivity contribution is 5.92. The third-order valence-electron chi connectivity index (χ3n) is 2.20. The zero-order valence-corrected chi connectivity index (χ0v) is 9.72. The average molecular weight is 269 g/mol. The fraction of sp³-hybridized carbons (Fsp3) is 0.300. The molecule has 0 bridgehead atoms. The summed E-state index contributed by atoms with van der Waals surface area (Å²) < 4.78 is 5.01. The van der Waals surface area contributed by atoms with Crippen LogP contribution < -0.4 is 10.5 Å². The first kappa shape index (κ1) is 14.4. The Morgan fingerprint density at radius 1 is 1.26 bits per heavy atom. The lowest BCUT2D eigenvalue weighted by Crippen LogP contribution is -2.28. The lowest BCUT2D eigenvalue weighted by Gasteiger charge is -2.10. The van der Waals surface area contributed by atoms with Gasteiger partial charge in [0.25, 0.3) is 0 Å². The van der Waals surface area contributed by atoms with Crippen molar-refractivity contribution in [3.8, 4) is 5.75 Å². The molecule has 1 amide bonds. The molecule has 1 rings (SSSR count). The van der Waals surface area contributed by atoms with Crippen molar-refractivity contribution >= 4 is 5.91 Å². The summed E-state index contributed by atoms with van der Waals surface area (Å²) in [4.78, 5) is 30.3. The highest BCUT2D eigenvalue weighted by Crippen LogP contribution is 2.15. The maximum Gasteiger partial charge on any atom is 0.360 e. The summed E-state index contributed by atoms with van der Waals surface area (Å²) in [7, 11) is 0. The van der Waals surface area contributed by atoms with Gasteiger partial charge in [0.2, 0.25) is 12.5 Å². The van der Waals surface area contributed by atoms with Crippen molar-refractivity contribution in [3.63, 3.8) is 0 Å². The molecule has 0 radical (unpaired) electrons. The van der Waals surface area contributed by atoms with E-state index in [-0.39, 0.29) is 17.7 Å². The van der Waals surface area contributed by atoms with Crippen LogP contribution >= 0.6 is 0 Å². The molecule has 19 heavy (non-hydrogen) atoms. The first-order valence-electron chi connectivity index (χ1n) is 5.22. The van der Waals surface area contributed by atoms with Crippen LogP contribution in [0.4, 0.5) is 0 Å². The van der Waals surface area contributed by atoms with Gasteiger partial charge in [0.05, 0.1) is 4.92 Å². The van der Waals surface area contributed by atoms with Gasteiger partial charge in [-0.1, -0.05) is 0 Å². The van der Waals surface area contributed by atoms with Crippen LogP contribution in [-0.2, 0) is 0 Å². The number of nitrogens with two attached hydrogens (primary N) is 1. The highest BCUT2D eigenvalue weighted by atomic mass is 16.7. The quantitative estimate of drug-likeness (QED) is 0.432. The summed E-state index contributed by atoms with van der Waals surface area (Å²) in [6.07, 6.45) is -1.86. The summed E-state index contributed by atoms with van der Waals surface area (Å²) >= 11 is 0. The van der Waals surface area contributed by atoms with Gasteiger partial charge in [-0.15, -0.1) is 0 Å². The molecule has 9 heteroatoms. The summed E-state index contributed by atoms with van der Waals surface area (Å²) in [5.74, 6) is -0.499. The van der Waals surface area contributed by atoms with Gasteiger partial charge in [-0.2, -0.15) is 0 Å².